The number of anilines is 1. The molecular weight excluding hydrogens is 356 g/mol. The number of nitrogens with zero attached hydrogens (tertiary/aromatic N) is 2. The third-order valence-electron chi connectivity index (χ3n) is 4.04. The molecule has 0 spiro atoms. The Balaban J connectivity index is 2.00. The fraction of sp³-hybridized carbons (Fsp3) is 0.278. The molecule has 2 amide bonds. The Morgan fingerprint density at radius 3 is 2.72 bits per heavy atom. The lowest BCUT2D eigenvalue weighted by Gasteiger charge is -2.14. The van der Waals surface area contributed by atoms with Gasteiger partial charge in [0.25, 0.3) is 11.8 Å². The Morgan fingerprint density at radius 1 is 1.24 bits per heavy atom. The van der Waals surface area contributed by atoms with E-state index in [1.54, 1.807) is 23.0 Å². The summed E-state index contributed by atoms with van der Waals surface area (Å²) in [6.45, 7) is 5.15. The van der Waals surface area contributed by atoms with Crippen molar-refractivity contribution in [1.82, 2.24) is 4.90 Å². The maximum Gasteiger partial charge on any atom is 0.267 e. The summed E-state index contributed by atoms with van der Waals surface area (Å²) in [7, 11) is 1.62. The predicted octanol–water partition coefficient (Wildman–Crippen LogP) is 2.83. The van der Waals surface area contributed by atoms with Gasteiger partial charge in [0.1, 0.15) is 4.32 Å². The lowest BCUT2D eigenvalue weighted by molar-refractivity contribution is -0.122. The van der Waals surface area contributed by atoms with Gasteiger partial charge in [0, 0.05) is 32.4 Å². The molecule has 0 N–H and O–H groups in total. The standard InChI is InChI=1S/C18H18N2O3S2/c1-3-9-19-13-8-5-4-7-12(13)14(16(19)21)15-17(22)20(18(24)25-15)10-6-11-23-2/h3-5,7-8H,1,6,9-11H2,2H3/b15-14-. The van der Waals surface area contributed by atoms with Crippen molar-refractivity contribution in [3.8, 4) is 0 Å². The van der Waals surface area contributed by atoms with E-state index in [0.29, 0.717) is 40.9 Å². The van der Waals surface area contributed by atoms with Gasteiger partial charge in [0.05, 0.1) is 16.2 Å². The van der Waals surface area contributed by atoms with Crippen LogP contribution in [0.1, 0.15) is 12.0 Å². The van der Waals surface area contributed by atoms with Gasteiger partial charge in [0.2, 0.25) is 0 Å². The van der Waals surface area contributed by atoms with Crippen LogP contribution in [0.3, 0.4) is 0 Å². The van der Waals surface area contributed by atoms with Crippen molar-refractivity contribution < 1.29 is 14.3 Å². The van der Waals surface area contributed by atoms with Crippen molar-refractivity contribution in [3.05, 3.63) is 47.4 Å². The Bertz CT molecular complexity index is 788. The second-order valence-corrected chi connectivity index (χ2v) is 7.24. The zero-order valence-corrected chi connectivity index (χ0v) is 15.5. The first-order valence-corrected chi connectivity index (χ1v) is 9.11. The normalized spacial score (nSPS) is 19.8. The molecule has 1 aromatic rings. The van der Waals surface area contributed by atoms with Gasteiger partial charge in [0.15, 0.2) is 0 Å². The molecule has 0 unspecified atom stereocenters. The number of carbonyl (C=O) groups is 2. The summed E-state index contributed by atoms with van der Waals surface area (Å²) in [6, 6.07) is 7.48. The third kappa shape index (κ3) is 3.15. The van der Waals surface area contributed by atoms with Gasteiger partial charge >= 0.3 is 0 Å². The van der Waals surface area contributed by atoms with Gasteiger partial charge in [-0.15, -0.1) is 6.58 Å². The fourth-order valence-corrected chi connectivity index (χ4v) is 4.30. The van der Waals surface area contributed by atoms with E-state index in [2.05, 4.69) is 6.58 Å². The highest BCUT2D eigenvalue weighted by Crippen LogP contribution is 2.44. The molecule has 0 aliphatic carbocycles. The Labute approximate surface area is 156 Å². The quantitative estimate of drug-likeness (QED) is 0.332. The number of ether oxygens (including phenoxy) is 1. The first-order chi connectivity index (χ1) is 12.1. The third-order valence-corrected chi connectivity index (χ3v) is 5.49. The number of hydrogen-bond donors (Lipinski definition) is 0. The van der Waals surface area contributed by atoms with Crippen LogP contribution in [0.5, 0.6) is 0 Å². The van der Waals surface area contributed by atoms with Crippen molar-refractivity contribution in [3.63, 3.8) is 0 Å². The summed E-state index contributed by atoms with van der Waals surface area (Å²) in [6.07, 6.45) is 2.37. The van der Waals surface area contributed by atoms with Gasteiger partial charge < -0.3 is 9.64 Å². The summed E-state index contributed by atoms with van der Waals surface area (Å²) in [5.41, 5.74) is 2.00. The van der Waals surface area contributed by atoms with Crippen LogP contribution in [-0.4, -0.2) is 47.8 Å². The van der Waals surface area contributed by atoms with Gasteiger partial charge in [-0.05, 0) is 12.5 Å². The first-order valence-electron chi connectivity index (χ1n) is 7.89. The SMILES string of the molecule is C=CCN1C(=O)/C(=C2\SC(=S)N(CCCOC)C2=O)c2ccccc21. The zero-order chi connectivity index (χ0) is 18.0. The van der Waals surface area contributed by atoms with Crippen LogP contribution in [0.15, 0.2) is 41.8 Å². The molecule has 0 bridgehead atoms. The second kappa shape index (κ2) is 7.51. The molecular formula is C18H18N2O3S2. The van der Waals surface area contributed by atoms with Crippen LogP contribution >= 0.6 is 24.0 Å². The average molecular weight is 374 g/mol. The lowest BCUT2D eigenvalue weighted by Crippen LogP contribution is -2.30. The fourth-order valence-electron chi connectivity index (χ4n) is 2.92. The van der Waals surface area contributed by atoms with Crippen LogP contribution in [-0.2, 0) is 14.3 Å². The van der Waals surface area contributed by atoms with Gasteiger partial charge in [-0.2, -0.15) is 0 Å². The van der Waals surface area contributed by atoms with E-state index in [9.17, 15) is 9.59 Å². The molecule has 25 heavy (non-hydrogen) atoms. The first kappa shape index (κ1) is 17.8. The lowest BCUT2D eigenvalue weighted by atomic mass is 10.1. The predicted molar refractivity (Wildman–Crippen MR) is 104 cm³/mol. The molecule has 0 aromatic heterocycles. The Hall–Kier alpha value is -1.96. The molecule has 2 aliphatic rings. The van der Waals surface area contributed by atoms with Crippen molar-refractivity contribution in [2.45, 2.75) is 6.42 Å². The van der Waals surface area contributed by atoms with Crippen LogP contribution in [0.2, 0.25) is 0 Å². The Kier molecular flexibility index (Phi) is 5.36. The molecule has 130 valence electrons. The maximum absolute atomic E-state index is 12.9. The van der Waals surface area contributed by atoms with Gasteiger partial charge in [-0.3, -0.25) is 14.5 Å². The second-order valence-electron chi connectivity index (χ2n) is 5.60. The van der Waals surface area contributed by atoms with E-state index in [1.165, 1.54) is 11.8 Å². The number of hydrogen-bond acceptors (Lipinski definition) is 5. The average Bonchev–Trinajstić information content (AvgIpc) is 3.03. The number of methoxy groups -OCH3 is 1. The minimum atomic E-state index is -0.204. The highest BCUT2D eigenvalue weighted by Gasteiger charge is 2.41. The topological polar surface area (TPSA) is 49.9 Å². The molecule has 1 fully saturated rings. The van der Waals surface area contributed by atoms with Crippen LogP contribution in [0, 0.1) is 0 Å². The number of para-hydroxylation sites is 1. The zero-order valence-electron chi connectivity index (χ0n) is 13.9. The number of carbonyl (C=O) groups excluding carboxylic acids is 2. The molecule has 1 saturated heterocycles. The van der Waals surface area contributed by atoms with Crippen LogP contribution in [0.25, 0.3) is 5.57 Å². The number of thioether (sulfide) groups is 1. The van der Waals surface area contributed by atoms with E-state index in [-0.39, 0.29) is 11.8 Å². The maximum atomic E-state index is 12.9. The van der Waals surface area contributed by atoms with Crippen LogP contribution < -0.4 is 4.90 Å². The molecule has 0 radical (unpaired) electrons. The van der Waals surface area contributed by atoms with Gasteiger partial charge in [-0.1, -0.05) is 48.3 Å². The largest absolute Gasteiger partial charge is 0.385 e. The van der Waals surface area contributed by atoms with Crippen molar-refractivity contribution >= 4 is 51.4 Å². The number of fused-ring (bicyclic) bond motifs is 1. The summed E-state index contributed by atoms with van der Waals surface area (Å²) in [5, 5.41) is 0. The van der Waals surface area contributed by atoms with Gasteiger partial charge in [-0.25, -0.2) is 0 Å². The molecule has 1 aromatic carbocycles. The number of amides is 2. The van der Waals surface area contributed by atoms with E-state index in [4.69, 9.17) is 17.0 Å². The van der Waals surface area contributed by atoms with Crippen LogP contribution in [0.4, 0.5) is 5.69 Å². The van der Waals surface area contributed by atoms with E-state index in [0.717, 1.165) is 11.3 Å². The molecule has 0 atom stereocenters. The summed E-state index contributed by atoms with van der Waals surface area (Å²) >= 11 is 6.55. The van der Waals surface area contributed by atoms with E-state index < -0.39 is 0 Å². The molecule has 2 heterocycles. The smallest absolute Gasteiger partial charge is 0.267 e. The molecule has 2 aliphatic heterocycles. The summed E-state index contributed by atoms with van der Waals surface area (Å²) < 4.78 is 5.52. The van der Waals surface area contributed by atoms with E-state index >= 15 is 0 Å². The number of rotatable bonds is 6. The molecule has 0 saturated carbocycles. The monoisotopic (exact) mass is 374 g/mol. The number of thiocarbonyl (C=S) groups is 1. The molecule has 7 heteroatoms. The van der Waals surface area contributed by atoms with E-state index in [1.807, 2.05) is 24.3 Å². The highest BCUT2D eigenvalue weighted by molar-refractivity contribution is 8.26. The molecule has 5 nitrogen and oxygen atoms in total. The minimum Gasteiger partial charge on any atom is -0.385 e. The van der Waals surface area contributed by atoms with Crippen molar-refractivity contribution in [2.24, 2.45) is 0 Å². The summed E-state index contributed by atoms with van der Waals surface area (Å²) in [5.74, 6) is -0.386. The van der Waals surface area contributed by atoms with Crippen molar-refractivity contribution in [1.29, 1.82) is 0 Å². The minimum absolute atomic E-state index is 0.182. The molecule has 3 rings (SSSR count). The van der Waals surface area contributed by atoms with Crippen molar-refractivity contribution in [2.75, 3.05) is 31.7 Å². The summed E-state index contributed by atoms with van der Waals surface area (Å²) in [4.78, 5) is 29.4. The number of benzene rings is 1. The highest BCUT2D eigenvalue weighted by atomic mass is 32.2. The Morgan fingerprint density at radius 2 is 2.00 bits per heavy atom.